The van der Waals surface area contributed by atoms with E-state index in [9.17, 15) is 14.4 Å². The zero-order chi connectivity index (χ0) is 19.7. The quantitative estimate of drug-likeness (QED) is 0.648. The van der Waals surface area contributed by atoms with Gasteiger partial charge in [-0.05, 0) is 44.0 Å². The minimum absolute atomic E-state index is 0.250. The first kappa shape index (κ1) is 19.1. The van der Waals surface area contributed by atoms with Crippen molar-refractivity contribution in [3.05, 3.63) is 55.4 Å². The summed E-state index contributed by atoms with van der Waals surface area (Å²) in [6, 6.07) is 5.10. The molecular weight excluding hydrogens is 390 g/mol. The molecule has 1 aromatic carbocycles. The van der Waals surface area contributed by atoms with Gasteiger partial charge in [-0.25, -0.2) is 9.78 Å². The molecule has 2 N–H and O–H groups in total. The molecule has 0 unspecified atom stereocenters. The second kappa shape index (κ2) is 7.50. The lowest BCUT2D eigenvalue weighted by molar-refractivity contribution is -0.119. The summed E-state index contributed by atoms with van der Waals surface area (Å²) in [5.41, 5.74) is 1.58. The summed E-state index contributed by atoms with van der Waals surface area (Å²) in [5, 5.41) is 3.49. The van der Waals surface area contributed by atoms with Gasteiger partial charge >= 0.3 is 5.97 Å². The number of anilines is 1. The number of hydrogen-bond acceptors (Lipinski definition) is 6. The Labute approximate surface area is 163 Å². The molecule has 2 heterocycles. The average Bonchev–Trinajstić information content (AvgIpc) is 2.93. The molecule has 0 aliphatic heterocycles. The van der Waals surface area contributed by atoms with Crippen molar-refractivity contribution in [2.45, 2.75) is 20.8 Å². The molecule has 0 aliphatic carbocycles. The summed E-state index contributed by atoms with van der Waals surface area (Å²) in [7, 11) is 0. The molecule has 0 saturated heterocycles. The van der Waals surface area contributed by atoms with Crippen LogP contribution in [0.2, 0.25) is 5.02 Å². The van der Waals surface area contributed by atoms with Gasteiger partial charge < -0.3 is 15.0 Å². The highest BCUT2D eigenvalue weighted by Gasteiger charge is 2.20. The SMILES string of the molecule is Cc1nc2sc(C(=O)OCC(=O)Nc3ccc(C)c(Cl)c3)c(C)c2c(=O)[nH]1. The number of H-pyrrole nitrogens is 1. The molecule has 0 spiro atoms. The molecule has 0 saturated carbocycles. The smallest absolute Gasteiger partial charge is 0.349 e. The standard InChI is InChI=1S/C18H16ClN3O4S/c1-8-4-5-11(6-12(8)19)22-13(23)7-26-18(25)15-9(2)14-16(24)20-10(3)21-17(14)27-15/h4-6H,7H2,1-3H3,(H,22,23)(H,20,21,24). The van der Waals surface area contributed by atoms with Gasteiger partial charge in [-0.1, -0.05) is 17.7 Å². The Bertz CT molecular complexity index is 1120. The first-order valence-corrected chi connectivity index (χ1v) is 9.19. The van der Waals surface area contributed by atoms with Crippen molar-refractivity contribution in [2.75, 3.05) is 11.9 Å². The number of halogens is 1. The fourth-order valence-electron chi connectivity index (χ4n) is 2.51. The van der Waals surface area contributed by atoms with E-state index in [-0.39, 0.29) is 10.4 Å². The fraction of sp³-hybridized carbons (Fsp3) is 0.222. The van der Waals surface area contributed by atoms with E-state index in [1.54, 1.807) is 32.0 Å². The highest BCUT2D eigenvalue weighted by molar-refractivity contribution is 7.20. The monoisotopic (exact) mass is 405 g/mol. The third kappa shape index (κ3) is 4.01. The Morgan fingerprint density at radius 1 is 1.30 bits per heavy atom. The predicted octanol–water partition coefficient (Wildman–Crippen LogP) is 3.36. The topological polar surface area (TPSA) is 101 Å². The van der Waals surface area contributed by atoms with Crippen LogP contribution in [0.15, 0.2) is 23.0 Å². The van der Waals surface area contributed by atoms with Crippen molar-refractivity contribution in [2.24, 2.45) is 0 Å². The van der Waals surface area contributed by atoms with Gasteiger partial charge in [0.2, 0.25) is 0 Å². The maximum absolute atomic E-state index is 12.3. The normalized spacial score (nSPS) is 10.8. The van der Waals surface area contributed by atoms with E-state index in [2.05, 4.69) is 15.3 Å². The molecule has 0 radical (unpaired) electrons. The van der Waals surface area contributed by atoms with Gasteiger partial charge in [0.1, 0.15) is 15.5 Å². The van der Waals surface area contributed by atoms with Gasteiger partial charge in [0, 0.05) is 10.7 Å². The number of amides is 1. The van der Waals surface area contributed by atoms with Gasteiger partial charge in [0.15, 0.2) is 6.61 Å². The first-order valence-electron chi connectivity index (χ1n) is 7.99. The number of hydrogen-bond donors (Lipinski definition) is 2. The Morgan fingerprint density at radius 2 is 2.04 bits per heavy atom. The zero-order valence-electron chi connectivity index (χ0n) is 14.8. The summed E-state index contributed by atoms with van der Waals surface area (Å²) in [6.45, 7) is 4.71. The summed E-state index contributed by atoms with van der Waals surface area (Å²) in [5.74, 6) is -0.705. The van der Waals surface area contributed by atoms with Crippen LogP contribution in [0.5, 0.6) is 0 Å². The van der Waals surface area contributed by atoms with Crippen LogP contribution < -0.4 is 10.9 Å². The molecule has 27 heavy (non-hydrogen) atoms. The van der Waals surface area contributed by atoms with Crippen molar-refractivity contribution in [3.63, 3.8) is 0 Å². The number of thiophene rings is 1. The predicted molar refractivity (Wildman–Crippen MR) is 105 cm³/mol. The molecule has 0 fully saturated rings. The van der Waals surface area contributed by atoms with E-state index < -0.39 is 18.5 Å². The van der Waals surface area contributed by atoms with E-state index in [0.717, 1.165) is 16.9 Å². The number of ether oxygens (including phenoxy) is 1. The molecule has 140 valence electrons. The van der Waals surface area contributed by atoms with E-state index in [4.69, 9.17) is 16.3 Å². The van der Waals surface area contributed by atoms with Crippen LogP contribution in [-0.4, -0.2) is 28.5 Å². The van der Waals surface area contributed by atoms with E-state index >= 15 is 0 Å². The number of benzene rings is 1. The molecule has 3 rings (SSSR count). The number of carbonyl (C=O) groups excluding carboxylic acids is 2. The Hall–Kier alpha value is -2.71. The van der Waals surface area contributed by atoms with Crippen LogP contribution in [0.4, 0.5) is 5.69 Å². The molecule has 0 aliphatic rings. The van der Waals surface area contributed by atoms with Crippen molar-refractivity contribution in [1.82, 2.24) is 9.97 Å². The van der Waals surface area contributed by atoms with Crippen molar-refractivity contribution in [1.29, 1.82) is 0 Å². The van der Waals surface area contributed by atoms with Gasteiger partial charge in [-0.3, -0.25) is 9.59 Å². The van der Waals surface area contributed by atoms with Gasteiger partial charge in [-0.15, -0.1) is 11.3 Å². The zero-order valence-corrected chi connectivity index (χ0v) is 16.4. The number of esters is 1. The number of aromatic amines is 1. The van der Waals surface area contributed by atoms with Gasteiger partial charge in [0.25, 0.3) is 11.5 Å². The lowest BCUT2D eigenvalue weighted by Gasteiger charge is -2.07. The summed E-state index contributed by atoms with van der Waals surface area (Å²) >= 11 is 7.08. The van der Waals surface area contributed by atoms with Crippen LogP contribution in [0, 0.1) is 20.8 Å². The summed E-state index contributed by atoms with van der Waals surface area (Å²) in [4.78, 5) is 43.9. The third-order valence-corrected chi connectivity index (χ3v) is 5.47. The van der Waals surface area contributed by atoms with Crippen molar-refractivity contribution >= 4 is 50.7 Å². The Balaban J connectivity index is 1.70. The highest BCUT2D eigenvalue weighted by Crippen LogP contribution is 2.27. The van der Waals surface area contributed by atoms with Crippen LogP contribution >= 0.6 is 22.9 Å². The molecule has 1 amide bonds. The fourth-order valence-corrected chi connectivity index (χ4v) is 3.81. The number of nitrogens with one attached hydrogen (secondary N) is 2. The molecule has 2 aromatic heterocycles. The second-order valence-electron chi connectivity index (χ2n) is 5.98. The molecule has 0 atom stereocenters. The third-order valence-electron chi connectivity index (χ3n) is 3.89. The summed E-state index contributed by atoms with van der Waals surface area (Å²) in [6.07, 6.45) is 0. The van der Waals surface area contributed by atoms with Gasteiger partial charge in [-0.2, -0.15) is 0 Å². The van der Waals surface area contributed by atoms with E-state index in [1.807, 2.05) is 6.92 Å². The maximum atomic E-state index is 12.3. The number of aryl methyl sites for hydroxylation is 3. The second-order valence-corrected chi connectivity index (χ2v) is 7.38. The van der Waals surface area contributed by atoms with Gasteiger partial charge in [0.05, 0.1) is 5.39 Å². The maximum Gasteiger partial charge on any atom is 0.349 e. The number of aromatic nitrogens is 2. The number of carbonyl (C=O) groups is 2. The number of rotatable bonds is 4. The van der Waals surface area contributed by atoms with Crippen LogP contribution in [0.3, 0.4) is 0 Å². The molecular formula is C18H16ClN3O4S. The largest absolute Gasteiger partial charge is 0.451 e. The highest BCUT2D eigenvalue weighted by atomic mass is 35.5. The minimum atomic E-state index is -0.676. The van der Waals surface area contributed by atoms with Crippen LogP contribution in [-0.2, 0) is 9.53 Å². The lowest BCUT2D eigenvalue weighted by atomic mass is 10.2. The van der Waals surface area contributed by atoms with E-state index in [0.29, 0.717) is 32.3 Å². The molecule has 0 bridgehead atoms. The van der Waals surface area contributed by atoms with Crippen LogP contribution in [0.25, 0.3) is 10.2 Å². The van der Waals surface area contributed by atoms with E-state index in [1.165, 1.54) is 0 Å². The molecule has 7 nitrogen and oxygen atoms in total. The van der Waals surface area contributed by atoms with Crippen LogP contribution in [0.1, 0.15) is 26.6 Å². The number of fused-ring (bicyclic) bond motifs is 1. The average molecular weight is 406 g/mol. The number of nitrogens with zero attached hydrogens (tertiary/aromatic N) is 1. The molecule has 3 aromatic rings. The van der Waals surface area contributed by atoms with Crippen molar-refractivity contribution < 1.29 is 14.3 Å². The summed E-state index contributed by atoms with van der Waals surface area (Å²) < 4.78 is 5.08. The van der Waals surface area contributed by atoms with Crippen molar-refractivity contribution in [3.8, 4) is 0 Å². The Morgan fingerprint density at radius 3 is 2.74 bits per heavy atom. The minimum Gasteiger partial charge on any atom is -0.451 e. The first-order chi connectivity index (χ1) is 12.8. The lowest BCUT2D eigenvalue weighted by Crippen LogP contribution is -2.21. The molecule has 9 heteroatoms. The Kier molecular flexibility index (Phi) is 5.29.